The molecule has 1 rings (SSSR count). The van der Waals surface area contributed by atoms with Crippen LogP contribution in [0.1, 0.15) is 13.3 Å². The molecule has 0 unspecified atom stereocenters. The van der Waals surface area contributed by atoms with E-state index in [1.54, 1.807) is 0 Å². The number of hydrogen-bond acceptors (Lipinski definition) is 1. The van der Waals surface area contributed by atoms with Crippen LogP contribution in [0.25, 0.3) is 0 Å². The second-order valence-corrected chi connectivity index (χ2v) is 2.55. The monoisotopic (exact) mass is 216 g/mol. The Labute approximate surface area is 117 Å². The Morgan fingerprint density at radius 2 is 2.08 bits per heavy atom. The molecule has 0 bridgehead atoms. The molecule has 0 aliphatic carbocycles. The van der Waals surface area contributed by atoms with Crippen LogP contribution in [0.2, 0.25) is 0 Å². The first-order valence-corrected chi connectivity index (χ1v) is 3.77. The van der Waals surface area contributed by atoms with Crippen molar-refractivity contribution in [3.8, 4) is 0 Å². The summed E-state index contributed by atoms with van der Waals surface area (Å²) in [5, 5.41) is 3.58. The summed E-state index contributed by atoms with van der Waals surface area (Å²) in [5.41, 5.74) is -0.614. The van der Waals surface area contributed by atoms with E-state index in [2.05, 4.69) is 5.10 Å². The molecule has 0 radical (unpaired) electrons. The zero-order valence-electron chi connectivity index (χ0n) is 7.67. The van der Waals surface area contributed by atoms with Gasteiger partial charge in [0.1, 0.15) is 0 Å². The maximum Gasteiger partial charge on any atom is 1.00 e. The largest absolute Gasteiger partial charge is 1.00 e. The summed E-state index contributed by atoms with van der Waals surface area (Å²) >= 11 is 0. The molecule has 0 atom stereocenters. The third-order valence-corrected chi connectivity index (χ3v) is 1.52. The Hall–Kier alpha value is 0.701. The maximum atomic E-state index is 12.2. The third-order valence-electron chi connectivity index (χ3n) is 1.52. The van der Waals surface area contributed by atoms with Gasteiger partial charge in [-0.2, -0.15) is 5.10 Å². The van der Waals surface area contributed by atoms with Gasteiger partial charge in [0.05, 0.1) is 0 Å². The van der Waals surface area contributed by atoms with Gasteiger partial charge >= 0.3 is 58.4 Å². The second-order valence-electron chi connectivity index (χ2n) is 2.55. The van der Waals surface area contributed by atoms with E-state index in [0.29, 0.717) is 13.0 Å². The average molecular weight is 216 g/mol. The summed E-state index contributed by atoms with van der Waals surface area (Å²) < 4.78 is 37.6. The van der Waals surface area contributed by atoms with Crippen LogP contribution >= 0.6 is 0 Å². The first kappa shape index (κ1) is 13.7. The zero-order chi connectivity index (χ0) is 9.19. The molecule has 0 aliphatic heterocycles. The van der Waals surface area contributed by atoms with Crippen molar-refractivity contribution in [3.63, 3.8) is 0 Å². The average Bonchev–Trinajstić information content (AvgIpc) is 2.34. The van der Waals surface area contributed by atoms with Crippen molar-refractivity contribution in [2.75, 3.05) is 0 Å². The third kappa shape index (κ3) is 3.75. The number of halogens is 3. The van der Waals surface area contributed by atoms with E-state index in [0.717, 1.165) is 10.7 Å². The molecular formula is C6H9BF3KN2. The number of aromatic nitrogens is 2. The summed E-state index contributed by atoms with van der Waals surface area (Å²) in [7, 11) is 0. The normalized spacial score (nSPS) is 11.1. The quantitative estimate of drug-likeness (QED) is 0.553. The first-order chi connectivity index (χ1) is 5.55. The van der Waals surface area contributed by atoms with Gasteiger partial charge in [-0.05, 0) is 12.0 Å². The fourth-order valence-electron chi connectivity index (χ4n) is 1.02. The van der Waals surface area contributed by atoms with Crippen LogP contribution in [0.15, 0.2) is 12.3 Å². The van der Waals surface area contributed by atoms with Gasteiger partial charge in [-0.15, -0.1) is 0 Å². The van der Waals surface area contributed by atoms with Crippen LogP contribution in [0.4, 0.5) is 12.9 Å². The van der Waals surface area contributed by atoms with Crippen LogP contribution in [0, 0.1) is 0 Å². The molecular weight excluding hydrogens is 207 g/mol. The van der Waals surface area contributed by atoms with Gasteiger partial charge in [-0.25, -0.2) is 0 Å². The molecule has 2 nitrogen and oxygen atoms in total. The van der Waals surface area contributed by atoms with E-state index >= 15 is 0 Å². The molecule has 1 aromatic rings. The summed E-state index contributed by atoms with van der Waals surface area (Å²) in [4.78, 5) is 0. The van der Waals surface area contributed by atoms with Crippen LogP contribution in [0.5, 0.6) is 0 Å². The predicted molar refractivity (Wildman–Crippen MR) is 41.2 cm³/mol. The van der Waals surface area contributed by atoms with Gasteiger partial charge in [-0.3, -0.25) is 4.68 Å². The molecule has 13 heavy (non-hydrogen) atoms. The van der Waals surface area contributed by atoms with Crippen molar-refractivity contribution in [2.24, 2.45) is 0 Å². The van der Waals surface area contributed by atoms with E-state index in [4.69, 9.17) is 0 Å². The predicted octanol–water partition coefficient (Wildman–Crippen LogP) is -1.65. The Morgan fingerprint density at radius 1 is 1.46 bits per heavy atom. The SMILES string of the molecule is CCCn1nccc1[B-](F)(F)F.[K+]. The summed E-state index contributed by atoms with van der Waals surface area (Å²) in [6, 6.07) is 1.01. The van der Waals surface area contributed by atoms with Crippen molar-refractivity contribution in [2.45, 2.75) is 19.9 Å². The Balaban J connectivity index is 0.00000144. The zero-order valence-corrected chi connectivity index (χ0v) is 10.8. The maximum absolute atomic E-state index is 12.2. The van der Waals surface area contributed by atoms with Gasteiger partial charge in [0, 0.05) is 12.7 Å². The first-order valence-electron chi connectivity index (χ1n) is 3.77. The minimum atomic E-state index is -4.91. The minimum absolute atomic E-state index is 0. The summed E-state index contributed by atoms with van der Waals surface area (Å²) in [5.74, 6) is 0. The summed E-state index contributed by atoms with van der Waals surface area (Å²) in [6.07, 6.45) is 1.83. The van der Waals surface area contributed by atoms with E-state index in [1.807, 2.05) is 6.92 Å². The topological polar surface area (TPSA) is 17.8 Å². The second kappa shape index (κ2) is 5.55. The van der Waals surface area contributed by atoms with Crippen molar-refractivity contribution in [1.29, 1.82) is 0 Å². The van der Waals surface area contributed by atoms with E-state index in [9.17, 15) is 12.9 Å². The Morgan fingerprint density at radius 3 is 2.54 bits per heavy atom. The molecule has 1 aromatic heterocycles. The van der Waals surface area contributed by atoms with Crippen LogP contribution < -0.4 is 57.0 Å². The number of aryl methyl sites for hydroxylation is 1. The van der Waals surface area contributed by atoms with Gasteiger partial charge in [0.25, 0.3) is 0 Å². The fraction of sp³-hybridized carbons (Fsp3) is 0.500. The van der Waals surface area contributed by atoms with E-state index < -0.39 is 12.6 Å². The van der Waals surface area contributed by atoms with E-state index in [1.165, 1.54) is 6.20 Å². The molecule has 0 N–H and O–H groups in total. The smallest absolute Gasteiger partial charge is 0.444 e. The van der Waals surface area contributed by atoms with E-state index in [-0.39, 0.29) is 51.4 Å². The van der Waals surface area contributed by atoms with Gasteiger partial charge < -0.3 is 12.9 Å². The van der Waals surface area contributed by atoms with Crippen molar-refractivity contribution >= 4 is 12.6 Å². The van der Waals surface area contributed by atoms with Gasteiger partial charge in [-0.1, -0.05) is 13.0 Å². The van der Waals surface area contributed by atoms with Gasteiger partial charge in [0.2, 0.25) is 0 Å². The Bertz CT molecular complexity index is 261. The van der Waals surface area contributed by atoms with Crippen molar-refractivity contribution in [3.05, 3.63) is 12.3 Å². The number of nitrogens with zero attached hydrogens (tertiary/aromatic N) is 2. The number of hydrogen-bond donors (Lipinski definition) is 0. The molecule has 1 heterocycles. The van der Waals surface area contributed by atoms with Crippen molar-refractivity contribution < 1.29 is 64.3 Å². The molecule has 68 valence electrons. The molecule has 0 saturated carbocycles. The molecule has 7 heteroatoms. The van der Waals surface area contributed by atoms with Crippen LogP contribution in [0.3, 0.4) is 0 Å². The number of rotatable bonds is 3. The molecule has 0 saturated heterocycles. The Kier molecular flexibility index (Phi) is 5.85. The summed E-state index contributed by atoms with van der Waals surface area (Å²) in [6.45, 7) is -2.77. The molecule has 0 fully saturated rings. The van der Waals surface area contributed by atoms with Crippen molar-refractivity contribution in [1.82, 2.24) is 9.78 Å². The molecule has 0 aliphatic rings. The molecule has 0 amide bonds. The molecule has 0 aromatic carbocycles. The van der Waals surface area contributed by atoms with Gasteiger partial charge in [0.15, 0.2) is 0 Å². The standard InChI is InChI=1S/C6H9BF3N2.K/c1-2-5-12-6(3-4-11-12)7(8,9)10;/h3-4H,2,5H2,1H3;/q-1;+1. The van der Waals surface area contributed by atoms with Crippen LogP contribution in [-0.2, 0) is 6.54 Å². The fourth-order valence-corrected chi connectivity index (χ4v) is 1.02. The van der Waals surface area contributed by atoms with Crippen LogP contribution in [-0.4, -0.2) is 16.8 Å². The minimum Gasteiger partial charge on any atom is -0.444 e. The molecule has 0 spiro atoms.